The van der Waals surface area contributed by atoms with Gasteiger partial charge < -0.3 is 14.7 Å². The summed E-state index contributed by atoms with van der Waals surface area (Å²) in [6.07, 6.45) is 0. The molecule has 1 aliphatic rings. The molecule has 0 saturated carbocycles. The number of halogens is 1. The van der Waals surface area contributed by atoms with Crippen LogP contribution in [0.1, 0.15) is 17.2 Å². The van der Waals surface area contributed by atoms with Crippen LogP contribution in [-0.2, 0) is 14.3 Å². The van der Waals surface area contributed by atoms with E-state index < -0.39 is 17.7 Å². The maximum Gasteiger partial charge on any atom is 0.295 e. The molecule has 0 aromatic heterocycles. The number of benzene rings is 2. The Balaban J connectivity index is 2.15. The van der Waals surface area contributed by atoms with Gasteiger partial charge in [-0.2, -0.15) is 0 Å². The van der Waals surface area contributed by atoms with Crippen LogP contribution in [0.4, 0.5) is 0 Å². The molecule has 0 spiro atoms. The Morgan fingerprint density at radius 1 is 1.12 bits per heavy atom. The van der Waals surface area contributed by atoms with E-state index in [9.17, 15) is 14.7 Å². The highest BCUT2D eigenvalue weighted by Crippen LogP contribution is 2.39. The van der Waals surface area contributed by atoms with Crippen LogP contribution in [0.5, 0.6) is 0 Å². The lowest BCUT2D eigenvalue weighted by Crippen LogP contribution is -2.32. The first-order valence-corrected chi connectivity index (χ1v) is 8.50. The summed E-state index contributed by atoms with van der Waals surface area (Å²) in [6, 6.07) is 14.9. The summed E-state index contributed by atoms with van der Waals surface area (Å²) in [6.45, 7) is 0.516. The third-order valence-electron chi connectivity index (χ3n) is 4.31. The van der Waals surface area contributed by atoms with E-state index in [1.165, 1.54) is 12.0 Å². The quantitative estimate of drug-likeness (QED) is 0.497. The van der Waals surface area contributed by atoms with Crippen molar-refractivity contribution < 1.29 is 19.4 Å². The lowest BCUT2D eigenvalue weighted by atomic mass is 9.95. The van der Waals surface area contributed by atoms with Gasteiger partial charge >= 0.3 is 0 Å². The van der Waals surface area contributed by atoms with Crippen LogP contribution in [0.2, 0.25) is 5.02 Å². The number of carbonyl (C=O) groups excluding carboxylic acids is 2. The van der Waals surface area contributed by atoms with E-state index in [4.69, 9.17) is 16.3 Å². The highest BCUT2D eigenvalue weighted by Gasteiger charge is 2.45. The number of methoxy groups -OCH3 is 1. The van der Waals surface area contributed by atoms with E-state index in [-0.39, 0.29) is 24.5 Å². The molecule has 2 aromatic carbocycles. The molecule has 1 amide bonds. The first kappa shape index (κ1) is 18.2. The van der Waals surface area contributed by atoms with Gasteiger partial charge in [0.15, 0.2) is 0 Å². The zero-order chi connectivity index (χ0) is 18.7. The second-order valence-electron chi connectivity index (χ2n) is 5.90. The van der Waals surface area contributed by atoms with Crippen molar-refractivity contribution in [3.63, 3.8) is 0 Å². The number of hydrogen-bond donors (Lipinski definition) is 1. The van der Waals surface area contributed by atoms with Crippen molar-refractivity contribution in [2.75, 3.05) is 20.3 Å². The second-order valence-corrected chi connectivity index (χ2v) is 6.34. The van der Waals surface area contributed by atoms with Gasteiger partial charge in [-0.3, -0.25) is 9.59 Å². The molecule has 1 aliphatic heterocycles. The summed E-state index contributed by atoms with van der Waals surface area (Å²) >= 11 is 5.96. The van der Waals surface area contributed by atoms with Crippen LogP contribution >= 0.6 is 11.6 Å². The van der Waals surface area contributed by atoms with E-state index >= 15 is 0 Å². The molecule has 1 fully saturated rings. The van der Waals surface area contributed by atoms with E-state index in [0.717, 1.165) is 0 Å². The smallest absolute Gasteiger partial charge is 0.295 e. The first-order valence-electron chi connectivity index (χ1n) is 8.13. The number of aliphatic hydroxyl groups is 1. The molecule has 0 bridgehead atoms. The first-order chi connectivity index (χ1) is 12.5. The minimum Gasteiger partial charge on any atom is -0.507 e. The monoisotopic (exact) mass is 371 g/mol. The Morgan fingerprint density at radius 3 is 2.38 bits per heavy atom. The predicted octanol–water partition coefficient (Wildman–Crippen LogP) is 3.41. The summed E-state index contributed by atoms with van der Waals surface area (Å²) in [7, 11) is 1.53. The van der Waals surface area contributed by atoms with Crippen LogP contribution < -0.4 is 0 Å². The zero-order valence-electron chi connectivity index (χ0n) is 14.2. The molecule has 0 radical (unpaired) electrons. The molecule has 1 unspecified atom stereocenters. The van der Waals surface area contributed by atoms with Gasteiger partial charge in [-0.25, -0.2) is 0 Å². The number of Topliss-reactive ketones (excluding diaryl/α,β-unsaturated/α-hetero) is 1. The Labute approximate surface area is 156 Å². The minimum atomic E-state index is -0.706. The molecule has 5 nitrogen and oxygen atoms in total. The fourth-order valence-electron chi connectivity index (χ4n) is 3.04. The minimum absolute atomic E-state index is 0.0691. The van der Waals surface area contributed by atoms with Crippen molar-refractivity contribution in [1.29, 1.82) is 0 Å². The summed E-state index contributed by atoms with van der Waals surface area (Å²) < 4.78 is 5.07. The molecule has 6 heteroatoms. The fraction of sp³-hybridized carbons (Fsp3) is 0.200. The average molecular weight is 372 g/mol. The van der Waals surface area contributed by atoms with Crippen LogP contribution in [0.25, 0.3) is 5.76 Å². The van der Waals surface area contributed by atoms with Crippen LogP contribution in [0.3, 0.4) is 0 Å². The Bertz CT molecular complexity index is 846. The van der Waals surface area contributed by atoms with Gasteiger partial charge in [-0.05, 0) is 17.7 Å². The Morgan fingerprint density at radius 2 is 1.77 bits per heavy atom. The number of ether oxygens (including phenoxy) is 1. The fourth-order valence-corrected chi connectivity index (χ4v) is 3.17. The topological polar surface area (TPSA) is 66.8 Å². The zero-order valence-corrected chi connectivity index (χ0v) is 14.9. The van der Waals surface area contributed by atoms with Crippen molar-refractivity contribution in [3.05, 3.63) is 76.3 Å². The van der Waals surface area contributed by atoms with E-state index in [1.54, 1.807) is 48.5 Å². The molecule has 0 aliphatic carbocycles. The average Bonchev–Trinajstić information content (AvgIpc) is 2.91. The van der Waals surface area contributed by atoms with Crippen molar-refractivity contribution in [2.45, 2.75) is 6.04 Å². The number of rotatable bonds is 5. The molecule has 26 heavy (non-hydrogen) atoms. The van der Waals surface area contributed by atoms with Gasteiger partial charge in [-0.1, -0.05) is 54.1 Å². The molecule has 1 N–H and O–H groups in total. The molecular weight excluding hydrogens is 354 g/mol. The van der Waals surface area contributed by atoms with Crippen LogP contribution in [0, 0.1) is 0 Å². The summed E-state index contributed by atoms with van der Waals surface area (Å²) in [5.74, 6) is -1.55. The maximum absolute atomic E-state index is 12.7. The summed E-state index contributed by atoms with van der Waals surface area (Å²) in [5, 5.41) is 11.3. The SMILES string of the molecule is COCCN1C(=O)C(=O)/C(=C(\O)c2ccccc2)C1c1ccc(Cl)cc1. The number of aliphatic hydroxyl groups excluding tert-OH is 1. The van der Waals surface area contributed by atoms with Gasteiger partial charge in [-0.15, -0.1) is 0 Å². The standard InChI is InChI=1S/C20H18ClNO4/c1-26-12-11-22-17(13-7-9-15(21)10-8-13)16(19(24)20(22)25)18(23)14-5-3-2-4-6-14/h2-10,17,23H,11-12H2,1H3/b18-16-. The molecule has 1 saturated heterocycles. The van der Waals surface area contributed by atoms with Crippen molar-refractivity contribution in [2.24, 2.45) is 0 Å². The normalized spacial score (nSPS) is 19.2. The number of nitrogens with zero attached hydrogens (tertiary/aromatic N) is 1. The molecule has 1 heterocycles. The molecule has 2 aromatic rings. The van der Waals surface area contributed by atoms with Crippen molar-refractivity contribution in [3.8, 4) is 0 Å². The van der Waals surface area contributed by atoms with Crippen LogP contribution in [0.15, 0.2) is 60.2 Å². The second kappa shape index (κ2) is 7.72. The Hall–Kier alpha value is -2.63. The maximum atomic E-state index is 12.7. The number of ketones is 1. The number of hydrogen-bond acceptors (Lipinski definition) is 4. The third kappa shape index (κ3) is 3.36. The van der Waals surface area contributed by atoms with Crippen molar-refractivity contribution in [1.82, 2.24) is 4.90 Å². The van der Waals surface area contributed by atoms with E-state index in [0.29, 0.717) is 16.1 Å². The van der Waals surface area contributed by atoms with E-state index in [2.05, 4.69) is 0 Å². The summed E-state index contributed by atoms with van der Waals surface area (Å²) in [5.41, 5.74) is 1.25. The van der Waals surface area contributed by atoms with Crippen LogP contribution in [-0.4, -0.2) is 42.0 Å². The van der Waals surface area contributed by atoms with Gasteiger partial charge in [0.1, 0.15) is 5.76 Å². The van der Waals surface area contributed by atoms with Gasteiger partial charge in [0.25, 0.3) is 11.7 Å². The third-order valence-corrected chi connectivity index (χ3v) is 4.56. The molecule has 1 atom stereocenters. The largest absolute Gasteiger partial charge is 0.507 e. The number of amides is 1. The molecule has 134 valence electrons. The van der Waals surface area contributed by atoms with Gasteiger partial charge in [0.2, 0.25) is 0 Å². The highest BCUT2D eigenvalue weighted by molar-refractivity contribution is 6.46. The number of likely N-dealkylation sites (tertiary alicyclic amines) is 1. The lowest BCUT2D eigenvalue weighted by Gasteiger charge is -2.25. The van der Waals surface area contributed by atoms with Gasteiger partial charge in [0.05, 0.1) is 18.2 Å². The lowest BCUT2D eigenvalue weighted by molar-refractivity contribution is -0.140. The molecule has 3 rings (SSSR count). The molecular formula is C20H18ClNO4. The van der Waals surface area contributed by atoms with E-state index in [1.807, 2.05) is 6.07 Å². The Kier molecular flexibility index (Phi) is 5.40. The number of carbonyl (C=O) groups is 2. The highest BCUT2D eigenvalue weighted by atomic mass is 35.5. The van der Waals surface area contributed by atoms with Crippen molar-refractivity contribution >= 4 is 29.1 Å². The predicted molar refractivity (Wildman–Crippen MR) is 98.8 cm³/mol. The van der Waals surface area contributed by atoms with Gasteiger partial charge in [0, 0.05) is 24.2 Å². The summed E-state index contributed by atoms with van der Waals surface area (Å²) in [4.78, 5) is 26.6.